The second kappa shape index (κ2) is 4.87. The van der Waals surface area contributed by atoms with Gasteiger partial charge in [-0.3, -0.25) is 0 Å². The molecule has 1 aliphatic rings. The largest absolute Gasteiger partial charge is 0.246 e. The van der Waals surface area contributed by atoms with E-state index in [0.717, 1.165) is 16.7 Å². The lowest BCUT2D eigenvalue weighted by atomic mass is 9.80. The van der Waals surface area contributed by atoms with E-state index in [1.54, 1.807) is 0 Å². The Kier molecular flexibility index (Phi) is 3.46. The number of hydrogen-bond acceptors (Lipinski definition) is 0. The van der Waals surface area contributed by atoms with Gasteiger partial charge in [-0.25, -0.2) is 4.39 Å². The van der Waals surface area contributed by atoms with Gasteiger partial charge >= 0.3 is 0 Å². The Bertz CT molecular complexity index is 451. The van der Waals surface area contributed by atoms with E-state index >= 15 is 0 Å². The van der Waals surface area contributed by atoms with Crippen molar-refractivity contribution in [1.82, 2.24) is 0 Å². The van der Waals surface area contributed by atoms with Crippen molar-refractivity contribution in [2.45, 2.75) is 20.8 Å². The Morgan fingerprint density at radius 3 is 2.35 bits per heavy atom. The van der Waals surface area contributed by atoms with Crippen LogP contribution in [-0.2, 0) is 0 Å². The Morgan fingerprint density at radius 1 is 1.12 bits per heavy atom. The Labute approximate surface area is 103 Å². The molecular formula is C16H19F. The maximum Gasteiger partial charge on any atom is 0.112 e. The maximum atomic E-state index is 13.2. The first-order chi connectivity index (χ1) is 8.13. The van der Waals surface area contributed by atoms with Crippen molar-refractivity contribution in [1.29, 1.82) is 0 Å². The molecule has 0 saturated heterocycles. The number of hydrogen-bond donors (Lipinski definition) is 0. The van der Waals surface area contributed by atoms with Crippen LogP contribution < -0.4 is 0 Å². The van der Waals surface area contributed by atoms with Gasteiger partial charge in [-0.1, -0.05) is 55.8 Å². The van der Waals surface area contributed by atoms with Crippen molar-refractivity contribution >= 4 is 5.57 Å². The molecule has 0 saturated carbocycles. The fourth-order valence-electron chi connectivity index (χ4n) is 2.29. The lowest BCUT2D eigenvalue weighted by Gasteiger charge is -2.25. The van der Waals surface area contributed by atoms with Gasteiger partial charge in [0, 0.05) is 0 Å². The normalized spacial score (nSPS) is 24.2. The first kappa shape index (κ1) is 12.1. The topological polar surface area (TPSA) is 0 Å². The molecule has 1 aromatic carbocycles. The van der Waals surface area contributed by atoms with Crippen molar-refractivity contribution < 1.29 is 4.39 Å². The van der Waals surface area contributed by atoms with Crippen molar-refractivity contribution in [2.24, 2.45) is 11.8 Å². The molecule has 0 nitrogen and oxygen atoms in total. The van der Waals surface area contributed by atoms with Gasteiger partial charge in [0.15, 0.2) is 0 Å². The van der Waals surface area contributed by atoms with Gasteiger partial charge in [0.1, 0.15) is 6.67 Å². The number of aryl methyl sites for hydroxylation is 1. The van der Waals surface area contributed by atoms with Gasteiger partial charge in [0.05, 0.1) is 0 Å². The smallest absolute Gasteiger partial charge is 0.112 e. The zero-order chi connectivity index (χ0) is 12.4. The van der Waals surface area contributed by atoms with Crippen LogP contribution in [0.15, 0.2) is 42.0 Å². The summed E-state index contributed by atoms with van der Waals surface area (Å²) in [5, 5.41) is 0. The minimum Gasteiger partial charge on any atom is -0.246 e. The molecule has 2 atom stereocenters. The quantitative estimate of drug-likeness (QED) is 0.698. The second-order valence-electron chi connectivity index (χ2n) is 4.95. The highest BCUT2D eigenvalue weighted by atomic mass is 19.1. The summed E-state index contributed by atoms with van der Waals surface area (Å²) in [5.41, 5.74) is 4.36. The second-order valence-corrected chi connectivity index (χ2v) is 4.95. The Hall–Kier alpha value is -1.37. The molecule has 0 heterocycles. The predicted molar refractivity (Wildman–Crippen MR) is 71.5 cm³/mol. The standard InChI is InChI=1S/C16H19F/c1-11-4-7-14(8-5-11)15-9-6-12(2)13(3)16(15)10-17/h4-9,12-13H,10H2,1-3H3. The minimum atomic E-state index is -0.348. The number of benzene rings is 1. The third-order valence-electron chi connectivity index (χ3n) is 3.76. The van der Waals surface area contributed by atoms with E-state index in [-0.39, 0.29) is 6.67 Å². The van der Waals surface area contributed by atoms with E-state index < -0.39 is 0 Å². The SMILES string of the molecule is Cc1ccc(C2=C(CF)C(C)C(C)C=C2)cc1. The van der Waals surface area contributed by atoms with Crippen LogP contribution >= 0.6 is 0 Å². The van der Waals surface area contributed by atoms with E-state index in [0.29, 0.717) is 11.8 Å². The Balaban J connectivity index is 2.45. The highest BCUT2D eigenvalue weighted by molar-refractivity contribution is 5.78. The summed E-state index contributed by atoms with van der Waals surface area (Å²) in [4.78, 5) is 0. The molecule has 90 valence electrons. The Morgan fingerprint density at radius 2 is 1.76 bits per heavy atom. The van der Waals surface area contributed by atoms with Crippen LogP contribution in [0.25, 0.3) is 5.57 Å². The third kappa shape index (κ3) is 2.33. The molecule has 0 spiro atoms. The highest BCUT2D eigenvalue weighted by Crippen LogP contribution is 2.34. The molecule has 1 heteroatoms. The van der Waals surface area contributed by atoms with E-state index in [4.69, 9.17) is 0 Å². The van der Waals surface area contributed by atoms with Gasteiger partial charge in [0.2, 0.25) is 0 Å². The lowest BCUT2D eigenvalue weighted by Crippen LogP contribution is -2.15. The monoisotopic (exact) mass is 230 g/mol. The molecule has 1 aliphatic carbocycles. The summed E-state index contributed by atoms with van der Waals surface area (Å²) in [6.07, 6.45) is 4.25. The molecule has 0 N–H and O–H groups in total. The first-order valence-corrected chi connectivity index (χ1v) is 6.17. The minimum absolute atomic E-state index is 0.293. The fraction of sp³-hybridized carbons (Fsp3) is 0.375. The maximum absolute atomic E-state index is 13.2. The average molecular weight is 230 g/mol. The van der Waals surface area contributed by atoms with Crippen molar-refractivity contribution in [3.05, 3.63) is 53.1 Å². The van der Waals surface area contributed by atoms with E-state index in [1.165, 1.54) is 5.56 Å². The van der Waals surface area contributed by atoms with Crippen molar-refractivity contribution in [3.63, 3.8) is 0 Å². The molecule has 1 aromatic rings. The molecular weight excluding hydrogens is 211 g/mol. The number of halogens is 1. The molecule has 2 rings (SSSR count). The highest BCUT2D eigenvalue weighted by Gasteiger charge is 2.22. The lowest BCUT2D eigenvalue weighted by molar-refractivity contribution is 0.449. The third-order valence-corrected chi connectivity index (χ3v) is 3.76. The fourth-order valence-corrected chi connectivity index (χ4v) is 2.29. The molecule has 0 radical (unpaired) electrons. The van der Waals surface area contributed by atoms with Gasteiger partial charge in [-0.2, -0.15) is 0 Å². The van der Waals surface area contributed by atoms with Crippen LogP contribution in [0.3, 0.4) is 0 Å². The predicted octanol–water partition coefficient (Wildman–Crippen LogP) is 4.56. The summed E-state index contributed by atoms with van der Waals surface area (Å²) >= 11 is 0. The van der Waals surface area contributed by atoms with Crippen LogP contribution in [0.5, 0.6) is 0 Å². The summed E-state index contributed by atoms with van der Waals surface area (Å²) in [7, 11) is 0. The molecule has 0 fully saturated rings. The van der Waals surface area contributed by atoms with Crippen LogP contribution in [0, 0.1) is 18.8 Å². The van der Waals surface area contributed by atoms with Gasteiger partial charge in [0.25, 0.3) is 0 Å². The van der Waals surface area contributed by atoms with Crippen molar-refractivity contribution in [3.8, 4) is 0 Å². The molecule has 0 aromatic heterocycles. The van der Waals surface area contributed by atoms with Gasteiger partial charge in [-0.05, 0) is 35.5 Å². The van der Waals surface area contributed by atoms with E-state index in [9.17, 15) is 4.39 Å². The number of allylic oxidation sites excluding steroid dienone is 4. The molecule has 0 aliphatic heterocycles. The van der Waals surface area contributed by atoms with Crippen LogP contribution in [0.4, 0.5) is 4.39 Å². The van der Waals surface area contributed by atoms with Crippen LogP contribution in [0.2, 0.25) is 0 Å². The molecule has 0 bridgehead atoms. The average Bonchev–Trinajstić information content (AvgIpc) is 2.34. The zero-order valence-electron chi connectivity index (χ0n) is 10.7. The van der Waals surface area contributed by atoms with Crippen LogP contribution in [0.1, 0.15) is 25.0 Å². The zero-order valence-corrected chi connectivity index (χ0v) is 10.7. The summed E-state index contributed by atoms with van der Waals surface area (Å²) in [5.74, 6) is 0.719. The molecule has 2 unspecified atom stereocenters. The summed E-state index contributed by atoms with van der Waals surface area (Å²) in [6, 6.07) is 8.31. The number of alkyl halides is 1. The van der Waals surface area contributed by atoms with Crippen molar-refractivity contribution in [2.75, 3.05) is 6.67 Å². The van der Waals surface area contributed by atoms with Gasteiger partial charge < -0.3 is 0 Å². The van der Waals surface area contributed by atoms with Crippen LogP contribution in [-0.4, -0.2) is 6.67 Å². The summed E-state index contributed by atoms with van der Waals surface area (Å²) in [6.45, 7) is 5.97. The number of rotatable bonds is 2. The van der Waals surface area contributed by atoms with E-state index in [1.807, 2.05) is 0 Å². The first-order valence-electron chi connectivity index (χ1n) is 6.17. The molecule has 0 amide bonds. The van der Waals surface area contributed by atoms with E-state index in [2.05, 4.69) is 57.2 Å². The summed E-state index contributed by atoms with van der Waals surface area (Å²) < 4.78 is 13.2. The molecule has 17 heavy (non-hydrogen) atoms. The van der Waals surface area contributed by atoms with Gasteiger partial charge in [-0.15, -0.1) is 0 Å².